The van der Waals surface area contributed by atoms with Crippen molar-refractivity contribution in [3.8, 4) is 0 Å². The molecule has 0 bridgehead atoms. The molecular weight excluding hydrogens is 495 g/mol. The quantitative estimate of drug-likeness (QED) is 0.210. The van der Waals surface area contributed by atoms with Crippen molar-refractivity contribution in [1.29, 1.82) is 0 Å². The molecule has 7 heteroatoms. The molecule has 0 spiro atoms. The van der Waals surface area contributed by atoms with Gasteiger partial charge in [0.05, 0.1) is 5.92 Å². The van der Waals surface area contributed by atoms with Crippen molar-refractivity contribution < 1.29 is 19.5 Å². The second kappa shape index (κ2) is 9.94. The molecule has 2 aliphatic carbocycles. The summed E-state index contributed by atoms with van der Waals surface area (Å²) in [7, 11) is 0. The molecule has 0 unspecified atom stereocenters. The van der Waals surface area contributed by atoms with Crippen molar-refractivity contribution in [3.05, 3.63) is 42.5 Å². The van der Waals surface area contributed by atoms with Crippen LogP contribution >= 0.6 is 22.6 Å². The Morgan fingerprint density at radius 2 is 1.87 bits per heavy atom. The number of hydrogen-bond acceptors (Lipinski definition) is 3. The SMILES string of the molecule is NC(=O)[C@@H]1CCC[C@H]1C(=O)N(CCCC/C=C\[C@@H]1C[C@]1(I)C(=O)O)c1ccccc1. The van der Waals surface area contributed by atoms with Gasteiger partial charge in [-0.2, -0.15) is 0 Å². The van der Waals surface area contributed by atoms with E-state index < -0.39 is 9.39 Å². The van der Waals surface area contributed by atoms with Gasteiger partial charge < -0.3 is 15.7 Å². The number of hydrogen-bond donors (Lipinski definition) is 2. The van der Waals surface area contributed by atoms with Crippen LogP contribution in [0.1, 0.15) is 44.9 Å². The third-order valence-corrected chi connectivity index (χ3v) is 7.91. The number of unbranched alkanes of at least 4 members (excludes halogenated alkanes) is 2. The molecule has 0 aliphatic heterocycles. The van der Waals surface area contributed by atoms with Crippen molar-refractivity contribution in [2.24, 2.45) is 23.5 Å². The van der Waals surface area contributed by atoms with Gasteiger partial charge in [0.2, 0.25) is 11.8 Å². The highest BCUT2D eigenvalue weighted by molar-refractivity contribution is 14.1. The van der Waals surface area contributed by atoms with Gasteiger partial charge in [-0.05, 0) is 50.7 Å². The van der Waals surface area contributed by atoms with Gasteiger partial charge in [0.15, 0.2) is 0 Å². The predicted molar refractivity (Wildman–Crippen MR) is 124 cm³/mol. The molecule has 0 saturated heterocycles. The Hall–Kier alpha value is -1.90. The highest BCUT2D eigenvalue weighted by Crippen LogP contribution is 2.52. The Morgan fingerprint density at radius 1 is 1.17 bits per heavy atom. The summed E-state index contributed by atoms with van der Waals surface area (Å²) in [5, 5.41) is 9.18. The fourth-order valence-electron chi connectivity index (χ4n) is 4.29. The first kappa shape index (κ1) is 22.8. The number of nitrogens with two attached hydrogens (primary N) is 1. The predicted octanol–water partition coefficient (Wildman–Crippen LogP) is 3.93. The van der Waals surface area contributed by atoms with Crippen LogP contribution in [0.25, 0.3) is 0 Å². The van der Waals surface area contributed by atoms with Gasteiger partial charge in [-0.1, -0.05) is 59.4 Å². The van der Waals surface area contributed by atoms with Crippen LogP contribution in [0.15, 0.2) is 42.5 Å². The number of aliphatic carboxylic acids is 1. The fraction of sp³-hybridized carbons (Fsp3) is 0.522. The summed E-state index contributed by atoms with van der Waals surface area (Å²) in [6.45, 7) is 0.591. The fourth-order valence-corrected chi connectivity index (χ4v) is 4.97. The highest BCUT2D eigenvalue weighted by Gasteiger charge is 2.57. The molecule has 2 fully saturated rings. The summed E-state index contributed by atoms with van der Waals surface area (Å²) in [4.78, 5) is 38.0. The number of rotatable bonds is 10. The minimum Gasteiger partial charge on any atom is -0.480 e. The smallest absolute Gasteiger partial charge is 0.320 e. The van der Waals surface area contributed by atoms with E-state index in [0.29, 0.717) is 25.8 Å². The molecule has 30 heavy (non-hydrogen) atoms. The van der Waals surface area contributed by atoms with E-state index >= 15 is 0 Å². The number of carbonyl (C=O) groups is 3. The number of carboxylic acids is 1. The van der Waals surface area contributed by atoms with E-state index in [2.05, 4.69) is 6.08 Å². The summed E-state index contributed by atoms with van der Waals surface area (Å²) >= 11 is 2.03. The number of halogens is 1. The zero-order chi connectivity index (χ0) is 21.7. The molecule has 4 atom stereocenters. The minimum absolute atomic E-state index is 0.00724. The molecule has 0 aromatic heterocycles. The topological polar surface area (TPSA) is 101 Å². The Bertz CT molecular complexity index is 813. The van der Waals surface area contributed by atoms with Gasteiger partial charge in [-0.3, -0.25) is 14.4 Å². The van der Waals surface area contributed by atoms with Crippen molar-refractivity contribution >= 4 is 46.1 Å². The van der Waals surface area contributed by atoms with Crippen LogP contribution in [0, 0.1) is 17.8 Å². The van der Waals surface area contributed by atoms with E-state index in [4.69, 9.17) is 5.73 Å². The van der Waals surface area contributed by atoms with E-state index in [1.807, 2.05) is 59.0 Å². The lowest BCUT2D eigenvalue weighted by Crippen LogP contribution is -2.41. The van der Waals surface area contributed by atoms with E-state index in [1.165, 1.54) is 0 Å². The molecule has 3 N–H and O–H groups in total. The number of anilines is 1. The summed E-state index contributed by atoms with van der Waals surface area (Å²) in [5.74, 6) is -1.70. The van der Waals surface area contributed by atoms with Crippen LogP contribution in [0.2, 0.25) is 0 Å². The number of benzene rings is 1. The maximum absolute atomic E-state index is 13.3. The molecule has 1 aromatic carbocycles. The van der Waals surface area contributed by atoms with Crippen molar-refractivity contribution in [3.63, 3.8) is 0 Å². The van der Waals surface area contributed by atoms with Crippen LogP contribution < -0.4 is 10.6 Å². The maximum Gasteiger partial charge on any atom is 0.320 e. The van der Waals surface area contributed by atoms with Gasteiger partial charge in [0, 0.05) is 24.1 Å². The summed E-state index contributed by atoms with van der Waals surface area (Å²) < 4.78 is -0.622. The van der Waals surface area contributed by atoms with Gasteiger partial charge >= 0.3 is 5.97 Å². The third kappa shape index (κ3) is 5.22. The first-order valence-corrected chi connectivity index (χ1v) is 11.7. The van der Waals surface area contributed by atoms with Gasteiger partial charge in [0.1, 0.15) is 3.42 Å². The second-order valence-electron chi connectivity index (χ2n) is 8.27. The Kier molecular flexibility index (Phi) is 7.55. The molecule has 162 valence electrons. The number of para-hydroxylation sites is 1. The standard InChI is InChI=1S/C23H29IN2O4/c24-23(22(29)30)15-16(23)9-4-1-2-7-14-26(17-10-5-3-6-11-17)21(28)19-13-8-12-18(19)20(25)27/h3-6,9-11,16,18-19H,1-2,7-8,12-15H2,(H2,25,27)(H,29,30)/b9-4-/t16-,18-,19-,23-/m1/s1. The number of carbonyl (C=O) groups excluding carboxylic acids is 2. The van der Waals surface area contributed by atoms with Gasteiger partial charge in [0.25, 0.3) is 0 Å². The number of amides is 2. The lowest BCUT2D eigenvalue weighted by molar-refractivity contribution is -0.137. The van der Waals surface area contributed by atoms with Crippen LogP contribution in [0.5, 0.6) is 0 Å². The number of nitrogens with zero attached hydrogens (tertiary/aromatic N) is 1. The van der Waals surface area contributed by atoms with Gasteiger partial charge in [-0.25, -0.2) is 0 Å². The molecule has 0 radical (unpaired) electrons. The molecule has 1 aromatic rings. The average molecular weight is 524 g/mol. The summed E-state index contributed by atoms with van der Waals surface area (Å²) in [6, 6.07) is 9.58. The molecule has 3 rings (SSSR count). The van der Waals surface area contributed by atoms with Crippen LogP contribution in [-0.4, -0.2) is 32.9 Å². The van der Waals surface area contributed by atoms with Crippen molar-refractivity contribution in [2.45, 2.75) is 48.4 Å². The number of alkyl halides is 1. The van der Waals surface area contributed by atoms with Gasteiger partial charge in [-0.15, -0.1) is 0 Å². The number of allylic oxidation sites excluding steroid dienone is 2. The van der Waals surface area contributed by atoms with E-state index in [1.54, 1.807) is 4.90 Å². The molecule has 6 nitrogen and oxygen atoms in total. The minimum atomic E-state index is -0.740. The van der Waals surface area contributed by atoms with E-state index in [0.717, 1.165) is 31.4 Å². The molecule has 2 amide bonds. The number of carboxylic acid groups (broad SMARTS) is 1. The average Bonchev–Trinajstić information content (AvgIpc) is 3.15. The zero-order valence-electron chi connectivity index (χ0n) is 17.0. The summed E-state index contributed by atoms with van der Waals surface area (Å²) in [6.07, 6.45) is 9.61. The van der Waals surface area contributed by atoms with Crippen LogP contribution in [0.3, 0.4) is 0 Å². The van der Waals surface area contributed by atoms with Crippen molar-refractivity contribution in [1.82, 2.24) is 0 Å². The number of primary amides is 1. The second-order valence-corrected chi connectivity index (χ2v) is 10.2. The largest absolute Gasteiger partial charge is 0.480 e. The first-order chi connectivity index (χ1) is 14.3. The highest BCUT2D eigenvalue weighted by atomic mass is 127. The van der Waals surface area contributed by atoms with Crippen molar-refractivity contribution in [2.75, 3.05) is 11.4 Å². The lowest BCUT2D eigenvalue weighted by Gasteiger charge is -2.27. The maximum atomic E-state index is 13.3. The zero-order valence-corrected chi connectivity index (χ0v) is 19.2. The lowest BCUT2D eigenvalue weighted by atomic mass is 9.93. The van der Waals surface area contributed by atoms with Crippen LogP contribution in [0.4, 0.5) is 5.69 Å². The Morgan fingerprint density at radius 3 is 2.50 bits per heavy atom. The van der Waals surface area contributed by atoms with E-state index in [-0.39, 0.29) is 29.6 Å². The Balaban J connectivity index is 1.55. The monoisotopic (exact) mass is 524 g/mol. The molecular formula is C23H29IN2O4. The Labute approximate surface area is 191 Å². The van der Waals surface area contributed by atoms with E-state index in [9.17, 15) is 19.5 Å². The molecule has 0 heterocycles. The normalized spacial score (nSPS) is 27.8. The molecule has 2 saturated carbocycles. The summed E-state index contributed by atoms with van der Waals surface area (Å²) in [5.41, 5.74) is 6.38. The first-order valence-electron chi connectivity index (χ1n) is 10.6. The molecule has 2 aliphatic rings. The third-order valence-electron chi connectivity index (χ3n) is 6.20. The van der Waals surface area contributed by atoms with Crippen LogP contribution in [-0.2, 0) is 14.4 Å².